The fourth-order valence-electron chi connectivity index (χ4n) is 0.873. The quantitative estimate of drug-likeness (QED) is 0.276. The predicted octanol–water partition coefficient (Wildman–Crippen LogP) is 1.58. The van der Waals surface area contributed by atoms with Gasteiger partial charge in [-0.2, -0.15) is 5.43 Å². The molecule has 0 radical (unpaired) electrons. The van der Waals surface area contributed by atoms with Gasteiger partial charge in [-0.15, -0.1) is 0 Å². The molecule has 0 saturated carbocycles. The second kappa shape index (κ2) is 5.08. The molecule has 8 heteroatoms. The minimum Gasteiger partial charge on any atom is -0.478 e. The van der Waals surface area contributed by atoms with E-state index in [1.807, 2.05) is 0 Å². The van der Waals surface area contributed by atoms with Crippen molar-refractivity contribution in [2.75, 3.05) is 5.43 Å². The lowest BCUT2D eigenvalue weighted by molar-refractivity contribution is -0.344. The summed E-state index contributed by atoms with van der Waals surface area (Å²) in [4.78, 5) is 19.8. The van der Waals surface area contributed by atoms with Crippen LogP contribution in [-0.4, -0.2) is 21.3 Å². The molecule has 84 valence electrons. The molecule has 0 fully saturated rings. The largest absolute Gasteiger partial charge is 0.478 e. The van der Waals surface area contributed by atoms with Crippen molar-refractivity contribution in [1.82, 2.24) is 0 Å². The minimum absolute atomic E-state index is 0.0393. The molecule has 1 rings (SSSR count). The average Bonchev–Trinajstić information content (AvgIpc) is 2.26. The van der Waals surface area contributed by atoms with E-state index in [1.165, 1.54) is 24.3 Å². The van der Waals surface area contributed by atoms with E-state index in [1.54, 1.807) is 0 Å². The van der Waals surface area contributed by atoms with E-state index in [2.05, 4.69) is 10.5 Å². The number of nitro groups is 1. The number of aromatic carboxylic acids is 1. The summed E-state index contributed by atoms with van der Waals surface area (Å²) in [5.74, 6) is -1.10. The summed E-state index contributed by atoms with van der Waals surface area (Å²) in [5.41, 5.74) is 2.60. The zero-order valence-corrected chi connectivity index (χ0v) is 8.51. The molecule has 7 nitrogen and oxygen atoms in total. The first-order chi connectivity index (χ1) is 7.50. The number of halogens is 1. The molecule has 2 N–H and O–H groups in total. The van der Waals surface area contributed by atoms with Gasteiger partial charge in [0.2, 0.25) is 0 Å². The number of carboxylic acid groups (broad SMARTS) is 1. The number of anilines is 1. The number of benzene rings is 1. The normalized spacial score (nSPS) is 10.9. The Balaban J connectivity index is 2.82. The van der Waals surface area contributed by atoms with Gasteiger partial charge in [-0.3, -0.25) is 0 Å². The van der Waals surface area contributed by atoms with Gasteiger partial charge in [0.05, 0.1) is 16.4 Å². The molecule has 0 aliphatic carbocycles. The van der Waals surface area contributed by atoms with Gasteiger partial charge in [-0.1, -0.05) is 6.07 Å². The Labute approximate surface area is 94.5 Å². The van der Waals surface area contributed by atoms with Crippen molar-refractivity contribution in [3.8, 4) is 0 Å². The highest BCUT2D eigenvalue weighted by Crippen LogP contribution is 2.10. The van der Waals surface area contributed by atoms with Gasteiger partial charge in [0.15, 0.2) is 0 Å². The van der Waals surface area contributed by atoms with Crippen molar-refractivity contribution in [3.05, 3.63) is 39.9 Å². The van der Waals surface area contributed by atoms with Crippen molar-refractivity contribution < 1.29 is 14.8 Å². The standard InChI is InChI=1S/C8H6ClN3O4/c9-8(12(15)16)11-10-6-3-1-2-5(4-6)7(13)14/h1-4,10H,(H,13,14)/b11-8+. The van der Waals surface area contributed by atoms with E-state index in [0.29, 0.717) is 5.69 Å². The summed E-state index contributed by atoms with van der Waals surface area (Å²) in [6.07, 6.45) is 0. The molecule has 16 heavy (non-hydrogen) atoms. The lowest BCUT2D eigenvalue weighted by atomic mass is 10.2. The maximum atomic E-state index is 10.6. The van der Waals surface area contributed by atoms with E-state index >= 15 is 0 Å². The van der Waals surface area contributed by atoms with Crippen LogP contribution in [0.1, 0.15) is 10.4 Å². The minimum atomic E-state index is -1.10. The summed E-state index contributed by atoms with van der Waals surface area (Å²) in [6, 6.07) is 5.63. The highest BCUT2D eigenvalue weighted by atomic mass is 35.5. The molecule has 0 aromatic heterocycles. The molecule has 0 atom stereocenters. The monoisotopic (exact) mass is 243 g/mol. The zero-order valence-electron chi connectivity index (χ0n) is 7.75. The van der Waals surface area contributed by atoms with Gasteiger partial charge in [-0.05, 0) is 23.1 Å². The number of rotatable bonds is 3. The summed E-state index contributed by atoms with van der Waals surface area (Å²) in [7, 11) is 0. The van der Waals surface area contributed by atoms with Crippen LogP contribution in [0.15, 0.2) is 29.4 Å². The van der Waals surface area contributed by atoms with Crippen LogP contribution in [0.3, 0.4) is 0 Å². The van der Waals surface area contributed by atoms with Crippen LogP contribution in [0.4, 0.5) is 5.69 Å². The molecule has 1 aromatic carbocycles. The van der Waals surface area contributed by atoms with Crippen molar-refractivity contribution in [1.29, 1.82) is 0 Å². The summed E-state index contributed by atoms with van der Waals surface area (Å²) < 4.78 is 0. The van der Waals surface area contributed by atoms with Gasteiger partial charge >= 0.3 is 11.3 Å². The van der Waals surface area contributed by atoms with Gasteiger partial charge in [0.1, 0.15) is 0 Å². The van der Waals surface area contributed by atoms with Crippen molar-refractivity contribution in [2.45, 2.75) is 0 Å². The molecular weight excluding hydrogens is 238 g/mol. The van der Waals surface area contributed by atoms with Gasteiger partial charge in [0, 0.05) is 11.6 Å². The third-order valence-electron chi connectivity index (χ3n) is 1.54. The number of hydrogen-bond donors (Lipinski definition) is 2. The Bertz CT molecular complexity index is 460. The molecule has 0 saturated heterocycles. The molecule has 0 aliphatic heterocycles. The Hall–Kier alpha value is -2.15. The second-order valence-corrected chi connectivity index (χ2v) is 2.97. The lowest BCUT2D eigenvalue weighted by Gasteiger charge is -1.97. The molecule has 1 aromatic rings. The van der Waals surface area contributed by atoms with Gasteiger partial charge in [0.25, 0.3) is 0 Å². The first kappa shape index (κ1) is 11.9. The molecule has 0 spiro atoms. The molecule has 0 bridgehead atoms. The highest BCUT2D eigenvalue weighted by Gasteiger charge is 2.08. The number of amidine groups is 1. The fourth-order valence-corrected chi connectivity index (χ4v) is 0.916. The molecule has 0 amide bonds. The van der Waals surface area contributed by atoms with E-state index < -0.39 is 16.2 Å². The van der Waals surface area contributed by atoms with Crippen molar-refractivity contribution in [2.24, 2.45) is 5.10 Å². The van der Waals surface area contributed by atoms with Crippen LogP contribution in [0.2, 0.25) is 0 Å². The smallest absolute Gasteiger partial charge is 0.459 e. The van der Waals surface area contributed by atoms with E-state index in [4.69, 9.17) is 16.7 Å². The molecular formula is C8H6ClN3O4. The number of nitrogens with one attached hydrogen (secondary N) is 1. The van der Waals surface area contributed by atoms with Gasteiger partial charge in [-0.25, -0.2) is 4.79 Å². The molecule has 0 aliphatic rings. The Morgan fingerprint density at radius 2 is 2.25 bits per heavy atom. The summed E-state index contributed by atoms with van der Waals surface area (Å²) in [5, 5.41) is 21.2. The first-order valence-corrected chi connectivity index (χ1v) is 4.35. The van der Waals surface area contributed by atoms with Crippen molar-refractivity contribution in [3.63, 3.8) is 0 Å². The fraction of sp³-hybridized carbons (Fsp3) is 0. The highest BCUT2D eigenvalue weighted by molar-refractivity contribution is 6.62. The van der Waals surface area contributed by atoms with Crippen LogP contribution in [0.25, 0.3) is 0 Å². The van der Waals surface area contributed by atoms with Crippen LogP contribution >= 0.6 is 11.6 Å². The Kier molecular flexibility index (Phi) is 3.78. The van der Waals surface area contributed by atoms with Crippen molar-refractivity contribution >= 4 is 28.6 Å². The van der Waals surface area contributed by atoms with Crippen LogP contribution in [-0.2, 0) is 0 Å². The molecule has 0 heterocycles. The van der Waals surface area contributed by atoms with Gasteiger partial charge < -0.3 is 15.2 Å². The summed E-state index contributed by atoms with van der Waals surface area (Å²) >= 11 is 5.14. The van der Waals surface area contributed by atoms with Crippen LogP contribution in [0.5, 0.6) is 0 Å². The third-order valence-corrected chi connectivity index (χ3v) is 1.76. The SMILES string of the molecule is O=C(O)c1cccc(N/N=C(\Cl)[N+](=O)[O-])c1. The van der Waals surface area contributed by atoms with Crippen LogP contribution < -0.4 is 5.43 Å². The number of carbonyl (C=O) groups is 1. The number of carboxylic acids is 1. The zero-order chi connectivity index (χ0) is 12.1. The second-order valence-electron chi connectivity index (χ2n) is 2.64. The van der Waals surface area contributed by atoms with E-state index in [-0.39, 0.29) is 5.56 Å². The predicted molar refractivity (Wildman–Crippen MR) is 57.3 cm³/mol. The number of hydrogen-bond acceptors (Lipinski definition) is 5. The number of hydrazone groups is 1. The Morgan fingerprint density at radius 1 is 1.56 bits per heavy atom. The first-order valence-electron chi connectivity index (χ1n) is 3.97. The topological polar surface area (TPSA) is 105 Å². The third kappa shape index (κ3) is 3.21. The Morgan fingerprint density at radius 3 is 2.81 bits per heavy atom. The molecule has 0 unspecified atom stereocenters. The van der Waals surface area contributed by atoms with E-state index in [9.17, 15) is 14.9 Å². The maximum absolute atomic E-state index is 10.6. The average molecular weight is 244 g/mol. The number of nitrogens with zero attached hydrogens (tertiary/aromatic N) is 2. The maximum Gasteiger partial charge on any atom is 0.459 e. The lowest BCUT2D eigenvalue weighted by Crippen LogP contribution is -2.06. The van der Waals surface area contributed by atoms with E-state index in [0.717, 1.165) is 0 Å². The summed E-state index contributed by atoms with van der Waals surface area (Å²) in [6.45, 7) is 0. The van der Waals surface area contributed by atoms with Crippen LogP contribution in [0, 0.1) is 10.1 Å².